The average Bonchev–Trinajstić information content (AvgIpc) is 3.00. The van der Waals surface area contributed by atoms with Crippen LogP contribution < -0.4 is 9.04 Å². The van der Waals surface area contributed by atoms with Gasteiger partial charge in [0.15, 0.2) is 0 Å². The van der Waals surface area contributed by atoms with Crippen LogP contribution in [0.25, 0.3) is 11.1 Å². The summed E-state index contributed by atoms with van der Waals surface area (Å²) in [6.07, 6.45) is 2.45. The lowest BCUT2D eigenvalue weighted by Gasteiger charge is -2.27. The van der Waals surface area contributed by atoms with Crippen molar-refractivity contribution < 1.29 is 13.2 Å². The van der Waals surface area contributed by atoms with Crippen molar-refractivity contribution in [1.29, 1.82) is 0 Å². The van der Waals surface area contributed by atoms with Crippen molar-refractivity contribution in [3.8, 4) is 16.9 Å². The van der Waals surface area contributed by atoms with Gasteiger partial charge >= 0.3 is 0 Å². The zero-order valence-electron chi connectivity index (χ0n) is 17.2. The molecule has 6 heteroatoms. The molecule has 0 spiro atoms. The molecule has 28 heavy (non-hydrogen) atoms. The number of sulfonamides is 1. The van der Waals surface area contributed by atoms with Crippen LogP contribution in [0.1, 0.15) is 38.3 Å². The maximum absolute atomic E-state index is 12.5. The topological polar surface area (TPSA) is 59.0 Å². The van der Waals surface area contributed by atoms with E-state index < -0.39 is 10.0 Å². The molecule has 2 aromatic rings. The van der Waals surface area contributed by atoms with Crippen LogP contribution in [0.2, 0.25) is 0 Å². The molecule has 0 aliphatic carbocycles. The zero-order chi connectivity index (χ0) is 20.5. The Kier molecular flexibility index (Phi) is 5.53. The third kappa shape index (κ3) is 3.92. The summed E-state index contributed by atoms with van der Waals surface area (Å²) < 4.78 is 32.4. The van der Waals surface area contributed by atoms with Crippen molar-refractivity contribution in [2.45, 2.75) is 32.6 Å². The van der Waals surface area contributed by atoms with E-state index >= 15 is 0 Å². The molecule has 1 aliphatic heterocycles. The molecule has 0 radical (unpaired) electrons. The van der Waals surface area contributed by atoms with Gasteiger partial charge in [0.25, 0.3) is 0 Å². The highest BCUT2D eigenvalue weighted by atomic mass is 32.2. The Hall–Kier alpha value is -2.34. The van der Waals surface area contributed by atoms with Crippen LogP contribution in [-0.2, 0) is 15.4 Å². The van der Waals surface area contributed by atoms with Crippen molar-refractivity contribution in [3.63, 3.8) is 0 Å². The Morgan fingerprint density at radius 1 is 1.14 bits per heavy atom. The standard InChI is InChI=1S/C22H28N2O3S/c1-22(2,3)20-14-18(24-11-6-12-28(24,25)26)13-19(21(20)27-5)17-9-7-16(8-10-17)15-23-4/h7-10,13-15H,6,11-12H2,1-5H3. The monoisotopic (exact) mass is 400 g/mol. The van der Waals surface area contributed by atoms with Gasteiger partial charge in [-0.1, -0.05) is 45.0 Å². The summed E-state index contributed by atoms with van der Waals surface area (Å²) >= 11 is 0. The molecule has 0 unspecified atom stereocenters. The fourth-order valence-electron chi connectivity index (χ4n) is 3.58. The van der Waals surface area contributed by atoms with E-state index in [4.69, 9.17) is 4.74 Å². The van der Waals surface area contributed by atoms with Gasteiger partial charge in [-0.15, -0.1) is 0 Å². The second-order valence-corrected chi connectivity index (χ2v) is 10.1. The minimum Gasteiger partial charge on any atom is -0.496 e. The van der Waals surface area contributed by atoms with Crippen LogP contribution in [0.5, 0.6) is 5.75 Å². The number of methoxy groups -OCH3 is 1. The van der Waals surface area contributed by atoms with Gasteiger partial charge in [-0.3, -0.25) is 9.30 Å². The second-order valence-electron chi connectivity index (χ2n) is 8.08. The van der Waals surface area contributed by atoms with Crippen molar-refractivity contribution in [2.24, 2.45) is 4.99 Å². The van der Waals surface area contributed by atoms with E-state index in [0.717, 1.165) is 28.0 Å². The lowest BCUT2D eigenvalue weighted by molar-refractivity contribution is 0.399. The molecule has 150 valence electrons. The van der Waals surface area contributed by atoms with E-state index in [1.165, 1.54) is 4.31 Å². The third-order valence-corrected chi connectivity index (χ3v) is 6.84. The largest absolute Gasteiger partial charge is 0.496 e. The Bertz CT molecular complexity index is 988. The predicted molar refractivity (Wildman–Crippen MR) is 116 cm³/mol. The number of ether oxygens (including phenoxy) is 1. The number of benzene rings is 2. The van der Waals surface area contributed by atoms with E-state index in [9.17, 15) is 8.42 Å². The van der Waals surface area contributed by atoms with Gasteiger partial charge in [-0.25, -0.2) is 8.42 Å². The van der Waals surface area contributed by atoms with Gasteiger partial charge in [0, 0.05) is 30.9 Å². The van der Waals surface area contributed by atoms with Crippen LogP contribution in [0.3, 0.4) is 0 Å². The first-order chi connectivity index (χ1) is 13.2. The van der Waals surface area contributed by atoms with Crippen molar-refractivity contribution in [2.75, 3.05) is 30.8 Å². The van der Waals surface area contributed by atoms with Crippen molar-refractivity contribution in [3.05, 3.63) is 47.5 Å². The third-order valence-electron chi connectivity index (χ3n) is 4.97. The molecule has 1 saturated heterocycles. The predicted octanol–water partition coefficient (Wildman–Crippen LogP) is 4.25. The first-order valence-electron chi connectivity index (χ1n) is 9.43. The van der Waals surface area contributed by atoms with Gasteiger partial charge in [0.1, 0.15) is 5.75 Å². The van der Waals surface area contributed by atoms with Gasteiger partial charge in [-0.2, -0.15) is 0 Å². The maximum Gasteiger partial charge on any atom is 0.235 e. The van der Waals surface area contributed by atoms with E-state index in [0.29, 0.717) is 18.7 Å². The molecule has 0 aromatic heterocycles. The highest BCUT2D eigenvalue weighted by molar-refractivity contribution is 7.93. The highest BCUT2D eigenvalue weighted by Gasteiger charge is 2.31. The summed E-state index contributed by atoms with van der Waals surface area (Å²) in [5, 5.41) is 0. The summed E-state index contributed by atoms with van der Waals surface area (Å²) in [5.74, 6) is 0.981. The van der Waals surface area contributed by atoms with E-state index in [-0.39, 0.29) is 11.2 Å². The summed E-state index contributed by atoms with van der Waals surface area (Å²) in [6, 6.07) is 11.9. The fraction of sp³-hybridized carbons (Fsp3) is 0.409. The fourth-order valence-corrected chi connectivity index (χ4v) is 5.12. The van der Waals surface area contributed by atoms with Gasteiger partial charge in [0.05, 0.1) is 18.6 Å². The van der Waals surface area contributed by atoms with Crippen molar-refractivity contribution in [1.82, 2.24) is 0 Å². The van der Waals surface area contributed by atoms with Crippen LogP contribution in [0.15, 0.2) is 41.4 Å². The molecule has 0 saturated carbocycles. The Labute approximate surface area is 168 Å². The van der Waals surface area contributed by atoms with E-state index in [2.05, 4.69) is 25.8 Å². The maximum atomic E-state index is 12.5. The van der Waals surface area contributed by atoms with Crippen LogP contribution in [0, 0.1) is 0 Å². The van der Waals surface area contributed by atoms with Gasteiger partial charge < -0.3 is 4.74 Å². The normalized spacial score (nSPS) is 16.7. The molecular formula is C22H28N2O3S. The first kappa shape index (κ1) is 20.4. The lowest BCUT2D eigenvalue weighted by atomic mass is 9.83. The molecule has 0 amide bonds. The number of hydrogen-bond donors (Lipinski definition) is 0. The Morgan fingerprint density at radius 3 is 2.32 bits per heavy atom. The summed E-state index contributed by atoms with van der Waals surface area (Å²) in [4.78, 5) is 4.05. The van der Waals surface area contributed by atoms with E-state index in [1.807, 2.05) is 36.4 Å². The van der Waals surface area contributed by atoms with E-state index in [1.54, 1.807) is 20.4 Å². The zero-order valence-corrected chi connectivity index (χ0v) is 18.0. The Balaban J connectivity index is 2.23. The average molecular weight is 401 g/mol. The summed E-state index contributed by atoms with van der Waals surface area (Å²) in [6.45, 7) is 6.84. The summed E-state index contributed by atoms with van der Waals surface area (Å²) in [7, 11) is 0.148. The quantitative estimate of drug-likeness (QED) is 0.721. The van der Waals surface area contributed by atoms with Crippen LogP contribution in [0.4, 0.5) is 5.69 Å². The number of aliphatic imine (C=N–C) groups is 1. The summed E-state index contributed by atoms with van der Waals surface area (Å²) in [5.41, 5.74) is 4.39. The number of anilines is 1. The lowest BCUT2D eigenvalue weighted by Crippen LogP contribution is -2.26. The minimum absolute atomic E-state index is 0.199. The van der Waals surface area contributed by atoms with Crippen molar-refractivity contribution >= 4 is 21.9 Å². The highest BCUT2D eigenvalue weighted by Crippen LogP contribution is 2.43. The smallest absolute Gasteiger partial charge is 0.235 e. The molecular weight excluding hydrogens is 372 g/mol. The number of hydrogen-bond acceptors (Lipinski definition) is 4. The Morgan fingerprint density at radius 2 is 1.82 bits per heavy atom. The number of rotatable bonds is 4. The second kappa shape index (κ2) is 7.59. The first-order valence-corrected chi connectivity index (χ1v) is 11.0. The van der Waals surface area contributed by atoms with Gasteiger partial charge in [-0.05, 0) is 35.1 Å². The van der Waals surface area contributed by atoms with Gasteiger partial charge in [0.2, 0.25) is 10.0 Å². The SMILES string of the molecule is CN=Cc1ccc(-c2cc(N3CCCS3(=O)=O)cc(C(C)(C)C)c2OC)cc1. The molecule has 1 aliphatic rings. The number of nitrogens with zero attached hydrogens (tertiary/aromatic N) is 2. The van der Waals surface area contributed by atoms with Crippen LogP contribution in [-0.4, -0.2) is 41.1 Å². The molecule has 5 nitrogen and oxygen atoms in total. The minimum atomic E-state index is -3.26. The molecule has 0 atom stereocenters. The molecule has 0 N–H and O–H groups in total. The molecule has 3 rings (SSSR count). The molecule has 0 bridgehead atoms. The molecule has 1 fully saturated rings. The molecule has 1 heterocycles. The molecule has 2 aromatic carbocycles. The van der Waals surface area contributed by atoms with Crippen LogP contribution >= 0.6 is 0 Å².